The summed E-state index contributed by atoms with van der Waals surface area (Å²) >= 11 is 5.74. The number of anilines is 1. The van der Waals surface area contributed by atoms with Crippen molar-refractivity contribution in [2.75, 3.05) is 11.9 Å². The molecule has 1 aromatic heterocycles. The van der Waals surface area contributed by atoms with E-state index in [4.69, 9.17) is 16.7 Å². The van der Waals surface area contributed by atoms with Gasteiger partial charge in [0.2, 0.25) is 0 Å². The predicted octanol–water partition coefficient (Wildman–Crippen LogP) is 2.06. The van der Waals surface area contributed by atoms with Crippen LogP contribution in [0, 0.1) is 0 Å². The number of carboxylic acids is 1. The van der Waals surface area contributed by atoms with Crippen LogP contribution in [0.3, 0.4) is 0 Å². The van der Waals surface area contributed by atoms with Crippen LogP contribution in [0.15, 0.2) is 36.7 Å². The van der Waals surface area contributed by atoms with E-state index in [9.17, 15) is 9.59 Å². The minimum Gasteiger partial charge on any atom is -0.478 e. The number of aromatic nitrogens is 2. The third-order valence-electron chi connectivity index (χ3n) is 2.65. The Morgan fingerprint density at radius 2 is 2.19 bits per heavy atom. The number of carboxylic acid groups (broad SMARTS) is 1. The number of aromatic carboxylic acids is 1. The van der Waals surface area contributed by atoms with Crippen molar-refractivity contribution in [3.63, 3.8) is 0 Å². The molecule has 1 heterocycles. The molecule has 21 heavy (non-hydrogen) atoms. The highest BCUT2D eigenvalue weighted by Crippen LogP contribution is 2.20. The first kappa shape index (κ1) is 14.9. The van der Waals surface area contributed by atoms with Gasteiger partial charge in [0, 0.05) is 24.0 Å². The average molecular weight is 309 g/mol. The van der Waals surface area contributed by atoms with Gasteiger partial charge in [-0.1, -0.05) is 11.6 Å². The van der Waals surface area contributed by atoms with E-state index in [1.54, 1.807) is 23.1 Å². The predicted molar refractivity (Wildman–Crippen MR) is 77.7 cm³/mol. The molecule has 0 radical (unpaired) electrons. The van der Waals surface area contributed by atoms with Crippen molar-refractivity contribution in [2.45, 2.75) is 6.54 Å². The Kier molecular flexibility index (Phi) is 4.78. The molecule has 8 heteroatoms. The maximum Gasteiger partial charge on any atom is 0.337 e. The van der Waals surface area contributed by atoms with Crippen molar-refractivity contribution in [1.29, 1.82) is 0 Å². The van der Waals surface area contributed by atoms with Crippen LogP contribution in [0.1, 0.15) is 10.4 Å². The van der Waals surface area contributed by atoms with Gasteiger partial charge < -0.3 is 15.7 Å². The second-order valence-corrected chi connectivity index (χ2v) is 4.58. The van der Waals surface area contributed by atoms with Crippen molar-refractivity contribution in [3.8, 4) is 0 Å². The standard InChI is InChI=1S/C13H13ClN4O3/c14-9-2-3-11(10(8-9)12(19)20)17-13(21)15-5-7-18-6-1-4-16-18/h1-4,6,8H,5,7H2,(H,19,20)(H2,15,17,21). The molecule has 0 fully saturated rings. The Labute approximate surface area is 125 Å². The second-order valence-electron chi connectivity index (χ2n) is 4.15. The molecule has 0 aliphatic heterocycles. The van der Waals surface area contributed by atoms with Crippen LogP contribution in [0.25, 0.3) is 0 Å². The molecule has 0 saturated heterocycles. The zero-order chi connectivity index (χ0) is 15.2. The summed E-state index contributed by atoms with van der Waals surface area (Å²) < 4.78 is 1.67. The second kappa shape index (κ2) is 6.76. The lowest BCUT2D eigenvalue weighted by molar-refractivity contribution is 0.0698. The van der Waals surface area contributed by atoms with Crippen LogP contribution in [-0.4, -0.2) is 33.4 Å². The lowest BCUT2D eigenvalue weighted by Crippen LogP contribution is -2.32. The summed E-state index contributed by atoms with van der Waals surface area (Å²) in [6.45, 7) is 0.885. The molecule has 0 aliphatic carbocycles. The van der Waals surface area contributed by atoms with Crippen molar-refractivity contribution in [1.82, 2.24) is 15.1 Å². The van der Waals surface area contributed by atoms with Gasteiger partial charge in [-0.15, -0.1) is 0 Å². The third kappa shape index (κ3) is 4.22. The topological polar surface area (TPSA) is 96.3 Å². The summed E-state index contributed by atoms with van der Waals surface area (Å²) in [6.07, 6.45) is 3.42. The molecule has 0 bridgehead atoms. The van der Waals surface area contributed by atoms with Crippen LogP contribution in [-0.2, 0) is 6.54 Å². The molecule has 110 valence electrons. The van der Waals surface area contributed by atoms with Gasteiger partial charge in [0.25, 0.3) is 0 Å². The summed E-state index contributed by atoms with van der Waals surface area (Å²) in [5.41, 5.74) is 0.119. The number of rotatable bonds is 5. The molecule has 2 amide bonds. The third-order valence-corrected chi connectivity index (χ3v) is 2.88. The number of carbonyl (C=O) groups excluding carboxylic acids is 1. The van der Waals surface area contributed by atoms with E-state index >= 15 is 0 Å². The fourth-order valence-corrected chi connectivity index (χ4v) is 1.86. The SMILES string of the molecule is O=C(NCCn1cccn1)Nc1ccc(Cl)cc1C(=O)O. The molecule has 3 N–H and O–H groups in total. The van der Waals surface area contributed by atoms with Crippen LogP contribution in [0.2, 0.25) is 5.02 Å². The molecule has 1 aromatic carbocycles. The summed E-state index contributed by atoms with van der Waals surface area (Å²) in [7, 11) is 0. The first-order valence-corrected chi connectivity index (χ1v) is 6.49. The largest absolute Gasteiger partial charge is 0.478 e. The zero-order valence-electron chi connectivity index (χ0n) is 10.9. The lowest BCUT2D eigenvalue weighted by Gasteiger charge is -2.10. The Bertz CT molecular complexity index is 643. The fraction of sp³-hybridized carbons (Fsp3) is 0.154. The van der Waals surface area contributed by atoms with Gasteiger partial charge in [-0.05, 0) is 24.3 Å². The number of hydrogen-bond acceptors (Lipinski definition) is 3. The molecule has 0 saturated carbocycles. The highest BCUT2D eigenvalue weighted by atomic mass is 35.5. The summed E-state index contributed by atoms with van der Waals surface area (Å²) in [5, 5.41) is 18.4. The molecule has 0 unspecified atom stereocenters. The van der Waals surface area contributed by atoms with Gasteiger partial charge in [0.05, 0.1) is 17.8 Å². The molecule has 0 atom stereocenters. The molecule has 0 spiro atoms. The summed E-state index contributed by atoms with van der Waals surface area (Å²) in [4.78, 5) is 22.8. The minimum atomic E-state index is -1.16. The Balaban J connectivity index is 1.92. The Morgan fingerprint density at radius 1 is 1.38 bits per heavy atom. The van der Waals surface area contributed by atoms with E-state index in [0.717, 1.165) is 0 Å². The van der Waals surface area contributed by atoms with E-state index < -0.39 is 12.0 Å². The number of urea groups is 1. The molecule has 7 nitrogen and oxygen atoms in total. The molecular weight excluding hydrogens is 296 g/mol. The van der Waals surface area contributed by atoms with Gasteiger partial charge >= 0.3 is 12.0 Å². The quantitative estimate of drug-likeness (QED) is 0.787. The van der Waals surface area contributed by atoms with E-state index in [2.05, 4.69) is 15.7 Å². The van der Waals surface area contributed by atoms with Gasteiger partial charge in [0.15, 0.2) is 0 Å². The van der Waals surface area contributed by atoms with Crippen molar-refractivity contribution < 1.29 is 14.7 Å². The van der Waals surface area contributed by atoms with Crippen LogP contribution in [0.4, 0.5) is 10.5 Å². The highest BCUT2D eigenvalue weighted by Gasteiger charge is 2.12. The lowest BCUT2D eigenvalue weighted by atomic mass is 10.2. The smallest absolute Gasteiger partial charge is 0.337 e. The van der Waals surface area contributed by atoms with Crippen LogP contribution < -0.4 is 10.6 Å². The highest BCUT2D eigenvalue weighted by molar-refractivity contribution is 6.31. The Hall–Kier alpha value is -2.54. The zero-order valence-corrected chi connectivity index (χ0v) is 11.7. The minimum absolute atomic E-state index is 0.0651. The number of benzene rings is 1. The van der Waals surface area contributed by atoms with Crippen molar-refractivity contribution in [2.24, 2.45) is 0 Å². The van der Waals surface area contributed by atoms with Gasteiger partial charge in [0.1, 0.15) is 0 Å². The number of amides is 2. The van der Waals surface area contributed by atoms with Crippen molar-refractivity contribution in [3.05, 3.63) is 47.2 Å². The van der Waals surface area contributed by atoms with Crippen molar-refractivity contribution >= 4 is 29.3 Å². The first-order valence-electron chi connectivity index (χ1n) is 6.11. The van der Waals surface area contributed by atoms with Gasteiger partial charge in [-0.2, -0.15) is 5.10 Å². The Morgan fingerprint density at radius 3 is 2.86 bits per heavy atom. The van der Waals surface area contributed by atoms with E-state index in [1.165, 1.54) is 18.2 Å². The van der Waals surface area contributed by atoms with E-state index in [-0.39, 0.29) is 16.3 Å². The summed E-state index contributed by atoms with van der Waals surface area (Å²) in [5.74, 6) is -1.16. The maximum atomic E-state index is 11.7. The molecular formula is C13H13ClN4O3. The normalized spacial score (nSPS) is 10.1. The number of halogens is 1. The number of nitrogens with zero attached hydrogens (tertiary/aromatic N) is 2. The number of hydrogen-bond donors (Lipinski definition) is 3. The molecule has 2 aromatic rings. The molecule has 0 aliphatic rings. The number of nitrogens with one attached hydrogen (secondary N) is 2. The maximum absolute atomic E-state index is 11.7. The van der Waals surface area contributed by atoms with Crippen LogP contribution in [0.5, 0.6) is 0 Å². The number of carbonyl (C=O) groups is 2. The summed E-state index contributed by atoms with van der Waals surface area (Å²) in [6, 6.07) is 5.52. The van der Waals surface area contributed by atoms with E-state index in [0.29, 0.717) is 13.1 Å². The monoisotopic (exact) mass is 308 g/mol. The van der Waals surface area contributed by atoms with Gasteiger partial charge in [-0.3, -0.25) is 4.68 Å². The average Bonchev–Trinajstić information content (AvgIpc) is 2.94. The fourth-order valence-electron chi connectivity index (χ4n) is 1.69. The first-order chi connectivity index (χ1) is 10.1. The van der Waals surface area contributed by atoms with Crippen LogP contribution >= 0.6 is 11.6 Å². The van der Waals surface area contributed by atoms with Gasteiger partial charge in [-0.25, -0.2) is 9.59 Å². The van der Waals surface area contributed by atoms with E-state index in [1.807, 2.05) is 0 Å². The molecule has 2 rings (SSSR count).